The zero-order chi connectivity index (χ0) is 20.6. The number of methoxy groups -OCH3 is 3. The van der Waals surface area contributed by atoms with Gasteiger partial charge in [-0.1, -0.05) is 12.1 Å². The van der Waals surface area contributed by atoms with E-state index in [1.165, 1.54) is 5.56 Å². The second kappa shape index (κ2) is 10.4. The highest BCUT2D eigenvalue weighted by atomic mass is 16.5. The van der Waals surface area contributed by atoms with Crippen molar-refractivity contribution in [3.8, 4) is 23.0 Å². The molecule has 1 N–H and O–H groups in total. The lowest BCUT2D eigenvalue weighted by molar-refractivity contribution is 0.239. The molecular weight excluding hydrogens is 368 g/mol. The second-order valence-corrected chi connectivity index (χ2v) is 7.00. The topological polar surface area (TPSA) is 52.2 Å². The molecule has 0 aromatic heterocycles. The minimum Gasteiger partial charge on any atom is -0.493 e. The molecule has 2 aromatic carbocycles. The van der Waals surface area contributed by atoms with Crippen molar-refractivity contribution >= 4 is 0 Å². The number of nitrogens with zero attached hydrogens (tertiary/aromatic N) is 1. The highest BCUT2D eigenvalue weighted by Gasteiger charge is 2.25. The van der Waals surface area contributed by atoms with E-state index in [1.54, 1.807) is 21.3 Å². The number of benzene rings is 2. The molecule has 158 valence electrons. The maximum absolute atomic E-state index is 5.72. The molecule has 1 fully saturated rings. The molecule has 0 spiro atoms. The van der Waals surface area contributed by atoms with Crippen molar-refractivity contribution in [3.05, 3.63) is 47.5 Å². The molecule has 0 aliphatic carbocycles. The minimum absolute atomic E-state index is 0.0827. The van der Waals surface area contributed by atoms with Crippen LogP contribution < -0.4 is 24.3 Å². The molecule has 3 rings (SSSR count). The molecule has 0 bridgehead atoms. The largest absolute Gasteiger partial charge is 0.493 e. The fourth-order valence-electron chi connectivity index (χ4n) is 3.89. The first-order valence-corrected chi connectivity index (χ1v) is 10.2. The van der Waals surface area contributed by atoms with Gasteiger partial charge in [0.15, 0.2) is 23.0 Å². The summed E-state index contributed by atoms with van der Waals surface area (Å²) in [4.78, 5) is 2.51. The van der Waals surface area contributed by atoms with Crippen molar-refractivity contribution in [2.24, 2.45) is 0 Å². The van der Waals surface area contributed by atoms with Gasteiger partial charge in [0, 0.05) is 19.6 Å². The molecule has 1 aliphatic heterocycles. The van der Waals surface area contributed by atoms with Crippen LogP contribution in [-0.2, 0) is 0 Å². The van der Waals surface area contributed by atoms with Crippen molar-refractivity contribution in [1.82, 2.24) is 10.2 Å². The molecule has 29 heavy (non-hydrogen) atoms. The summed E-state index contributed by atoms with van der Waals surface area (Å²) in [5, 5.41) is 3.49. The Kier molecular flexibility index (Phi) is 7.61. The van der Waals surface area contributed by atoms with E-state index in [4.69, 9.17) is 18.9 Å². The highest BCUT2D eigenvalue weighted by Crippen LogP contribution is 2.38. The van der Waals surface area contributed by atoms with Gasteiger partial charge in [-0.15, -0.1) is 0 Å². The molecule has 1 atom stereocenters. The first-order valence-electron chi connectivity index (χ1n) is 10.2. The number of hydrogen-bond donors (Lipinski definition) is 1. The smallest absolute Gasteiger partial charge is 0.161 e. The van der Waals surface area contributed by atoms with Crippen LogP contribution in [-0.4, -0.2) is 59.0 Å². The van der Waals surface area contributed by atoms with Crippen molar-refractivity contribution in [2.75, 3.05) is 54.1 Å². The van der Waals surface area contributed by atoms with Crippen molar-refractivity contribution < 1.29 is 18.9 Å². The molecule has 6 heteroatoms. The van der Waals surface area contributed by atoms with Crippen molar-refractivity contribution in [2.45, 2.75) is 19.4 Å². The van der Waals surface area contributed by atoms with E-state index >= 15 is 0 Å². The molecule has 1 aliphatic rings. The van der Waals surface area contributed by atoms with Crippen molar-refractivity contribution in [3.63, 3.8) is 0 Å². The van der Waals surface area contributed by atoms with Gasteiger partial charge in [-0.25, -0.2) is 0 Å². The van der Waals surface area contributed by atoms with Gasteiger partial charge in [0.2, 0.25) is 0 Å². The van der Waals surface area contributed by atoms with Gasteiger partial charge in [-0.2, -0.15) is 0 Å². The van der Waals surface area contributed by atoms with Gasteiger partial charge in [-0.3, -0.25) is 4.90 Å². The summed E-state index contributed by atoms with van der Waals surface area (Å²) in [5.41, 5.74) is 2.33. The Morgan fingerprint density at radius 1 is 0.828 bits per heavy atom. The van der Waals surface area contributed by atoms with Gasteiger partial charge < -0.3 is 24.3 Å². The summed E-state index contributed by atoms with van der Waals surface area (Å²) in [6, 6.07) is 12.5. The van der Waals surface area contributed by atoms with E-state index in [0.717, 1.165) is 61.2 Å². The Morgan fingerprint density at radius 3 is 2.07 bits per heavy atom. The molecule has 6 nitrogen and oxygen atoms in total. The molecule has 0 saturated carbocycles. The van der Waals surface area contributed by atoms with Gasteiger partial charge in [0.25, 0.3) is 0 Å². The molecule has 2 aromatic rings. The summed E-state index contributed by atoms with van der Waals surface area (Å²) >= 11 is 0. The van der Waals surface area contributed by atoms with Crippen LogP contribution in [0.1, 0.15) is 30.5 Å². The van der Waals surface area contributed by atoms with Crippen molar-refractivity contribution in [1.29, 1.82) is 0 Å². The second-order valence-electron chi connectivity index (χ2n) is 7.00. The average Bonchev–Trinajstić information content (AvgIpc) is 3.04. The normalized spacial score (nSPS) is 16.0. The van der Waals surface area contributed by atoms with Crippen LogP contribution in [0.4, 0.5) is 0 Å². The highest BCUT2D eigenvalue weighted by molar-refractivity contribution is 5.49. The van der Waals surface area contributed by atoms with E-state index in [9.17, 15) is 0 Å². The first-order chi connectivity index (χ1) is 14.2. The van der Waals surface area contributed by atoms with Gasteiger partial charge in [0.05, 0.1) is 34.0 Å². The minimum atomic E-state index is 0.0827. The SMILES string of the molecule is CCOc1ccc(C(c2ccc(OC)c(OC)c2)N2CCCNCC2)cc1OC. The third-order valence-electron chi connectivity index (χ3n) is 5.27. The summed E-state index contributed by atoms with van der Waals surface area (Å²) in [7, 11) is 5.02. The van der Waals surface area contributed by atoms with E-state index in [1.807, 2.05) is 19.1 Å². The Hall–Kier alpha value is -2.44. The van der Waals surface area contributed by atoms with E-state index in [0.29, 0.717) is 6.61 Å². The number of rotatable bonds is 8. The predicted octanol–water partition coefficient (Wildman–Crippen LogP) is 3.50. The van der Waals surface area contributed by atoms with Gasteiger partial charge in [0.1, 0.15) is 0 Å². The average molecular weight is 401 g/mol. The van der Waals surface area contributed by atoms with Crippen LogP contribution in [0.2, 0.25) is 0 Å². The molecule has 0 radical (unpaired) electrons. The maximum Gasteiger partial charge on any atom is 0.161 e. The standard InChI is InChI=1S/C23H32N2O4/c1-5-29-20-10-8-18(16-22(20)28-4)23(25-13-6-11-24-12-14-25)17-7-9-19(26-2)21(15-17)27-3/h7-10,15-16,23-24H,5-6,11-14H2,1-4H3. The molecule has 1 heterocycles. The molecule has 1 saturated heterocycles. The lowest BCUT2D eigenvalue weighted by Gasteiger charge is -2.32. The molecule has 1 unspecified atom stereocenters. The van der Waals surface area contributed by atoms with Crippen LogP contribution in [0.25, 0.3) is 0 Å². The Bertz CT molecular complexity index is 788. The lowest BCUT2D eigenvalue weighted by Crippen LogP contribution is -2.33. The summed E-state index contributed by atoms with van der Waals surface area (Å²) in [6.45, 7) is 6.58. The van der Waals surface area contributed by atoms with Crippen LogP contribution >= 0.6 is 0 Å². The van der Waals surface area contributed by atoms with E-state index in [-0.39, 0.29) is 6.04 Å². The number of nitrogens with one attached hydrogen (secondary N) is 1. The maximum atomic E-state index is 5.72. The number of ether oxygens (including phenoxy) is 4. The van der Waals surface area contributed by atoms with Gasteiger partial charge >= 0.3 is 0 Å². The Labute approximate surface area is 173 Å². The summed E-state index contributed by atoms with van der Waals surface area (Å²) in [5.74, 6) is 2.99. The number of hydrogen-bond acceptors (Lipinski definition) is 6. The lowest BCUT2D eigenvalue weighted by atomic mass is 9.95. The summed E-state index contributed by atoms with van der Waals surface area (Å²) < 4.78 is 22.3. The van der Waals surface area contributed by atoms with Crippen LogP contribution in [0.15, 0.2) is 36.4 Å². The zero-order valence-electron chi connectivity index (χ0n) is 17.9. The summed E-state index contributed by atoms with van der Waals surface area (Å²) in [6.07, 6.45) is 1.11. The van der Waals surface area contributed by atoms with Crippen LogP contribution in [0.5, 0.6) is 23.0 Å². The van der Waals surface area contributed by atoms with E-state index in [2.05, 4.69) is 34.5 Å². The molecule has 0 amide bonds. The van der Waals surface area contributed by atoms with E-state index < -0.39 is 0 Å². The molecular formula is C23H32N2O4. The Balaban J connectivity index is 2.06. The third-order valence-corrected chi connectivity index (χ3v) is 5.27. The van der Waals surface area contributed by atoms with Gasteiger partial charge in [-0.05, 0) is 55.3 Å². The predicted molar refractivity (Wildman–Crippen MR) is 115 cm³/mol. The fourth-order valence-corrected chi connectivity index (χ4v) is 3.89. The van der Waals surface area contributed by atoms with Crippen LogP contribution in [0.3, 0.4) is 0 Å². The first kappa shape index (κ1) is 21.3. The zero-order valence-corrected chi connectivity index (χ0v) is 17.9. The third kappa shape index (κ3) is 4.95. The quantitative estimate of drug-likeness (QED) is 0.732. The van der Waals surface area contributed by atoms with Crippen LogP contribution in [0, 0.1) is 0 Å². The Morgan fingerprint density at radius 2 is 1.45 bits per heavy atom. The monoisotopic (exact) mass is 400 g/mol. The fraction of sp³-hybridized carbons (Fsp3) is 0.478.